The van der Waals surface area contributed by atoms with Gasteiger partial charge < -0.3 is 14.8 Å². The molecule has 5 nitrogen and oxygen atoms in total. The molecule has 0 saturated carbocycles. The minimum atomic E-state index is -0.703. The van der Waals surface area contributed by atoms with Crippen LogP contribution in [0.25, 0.3) is 0 Å². The first-order valence-electron chi connectivity index (χ1n) is 5.80. The fraction of sp³-hybridized carbons (Fsp3) is 0.385. The van der Waals surface area contributed by atoms with E-state index in [1.807, 2.05) is 0 Å². The van der Waals surface area contributed by atoms with Crippen LogP contribution in [0.3, 0.4) is 0 Å². The van der Waals surface area contributed by atoms with E-state index in [0.717, 1.165) is 0 Å². The molecule has 0 aliphatic rings. The number of halogens is 1. The smallest absolute Gasteiger partial charge is 0.328 e. The summed E-state index contributed by atoms with van der Waals surface area (Å²) >= 11 is 3.29. The number of benzene rings is 1. The first-order valence-corrected chi connectivity index (χ1v) is 6.60. The van der Waals surface area contributed by atoms with Crippen molar-refractivity contribution >= 4 is 27.8 Å². The highest BCUT2D eigenvalue weighted by Gasteiger charge is 2.19. The molecule has 1 unspecified atom stereocenters. The van der Waals surface area contributed by atoms with Gasteiger partial charge in [-0.3, -0.25) is 4.79 Å². The van der Waals surface area contributed by atoms with Crippen LogP contribution in [0.15, 0.2) is 22.7 Å². The van der Waals surface area contributed by atoms with Crippen LogP contribution in [0.1, 0.15) is 24.2 Å². The number of esters is 1. The normalized spacial score (nSPS) is 11.6. The Morgan fingerprint density at radius 2 is 2.11 bits per heavy atom. The first-order chi connectivity index (χ1) is 8.99. The molecule has 1 aromatic carbocycles. The summed E-state index contributed by atoms with van der Waals surface area (Å²) in [6, 6.07) is 4.33. The van der Waals surface area contributed by atoms with Crippen molar-refractivity contribution < 1.29 is 19.1 Å². The fourth-order valence-electron chi connectivity index (χ4n) is 1.41. The number of methoxy groups -OCH3 is 1. The van der Waals surface area contributed by atoms with Crippen molar-refractivity contribution in [2.45, 2.75) is 19.9 Å². The summed E-state index contributed by atoms with van der Waals surface area (Å²) in [5, 5.41) is 2.57. The molecule has 1 atom stereocenters. The maximum atomic E-state index is 12.0. The van der Waals surface area contributed by atoms with Gasteiger partial charge in [0.05, 0.1) is 19.3 Å². The van der Waals surface area contributed by atoms with E-state index >= 15 is 0 Å². The minimum Gasteiger partial charge on any atom is -0.497 e. The lowest BCUT2D eigenvalue weighted by atomic mass is 10.2. The zero-order chi connectivity index (χ0) is 14.4. The molecule has 104 valence electrons. The van der Waals surface area contributed by atoms with Crippen molar-refractivity contribution in [3.05, 3.63) is 28.2 Å². The number of amides is 1. The first kappa shape index (κ1) is 15.5. The molecule has 0 spiro atoms. The summed E-state index contributed by atoms with van der Waals surface area (Å²) in [5.41, 5.74) is 0.399. The van der Waals surface area contributed by atoms with Gasteiger partial charge in [-0.1, -0.05) is 0 Å². The zero-order valence-electron chi connectivity index (χ0n) is 11.0. The Morgan fingerprint density at radius 3 is 2.68 bits per heavy atom. The highest BCUT2D eigenvalue weighted by atomic mass is 79.9. The molecule has 0 heterocycles. The molecule has 0 saturated heterocycles. The van der Waals surface area contributed by atoms with E-state index in [-0.39, 0.29) is 12.5 Å². The van der Waals surface area contributed by atoms with Crippen LogP contribution < -0.4 is 10.1 Å². The van der Waals surface area contributed by atoms with Gasteiger partial charge in [-0.2, -0.15) is 0 Å². The van der Waals surface area contributed by atoms with E-state index < -0.39 is 12.0 Å². The van der Waals surface area contributed by atoms with Gasteiger partial charge in [-0.25, -0.2) is 4.79 Å². The van der Waals surface area contributed by atoms with E-state index in [9.17, 15) is 9.59 Å². The highest BCUT2D eigenvalue weighted by molar-refractivity contribution is 9.10. The molecule has 1 aromatic rings. The third-order valence-electron chi connectivity index (χ3n) is 2.41. The Labute approximate surface area is 120 Å². The second kappa shape index (κ2) is 7.13. The van der Waals surface area contributed by atoms with Gasteiger partial charge in [-0.05, 0) is 48.0 Å². The molecule has 1 rings (SSSR count). The van der Waals surface area contributed by atoms with Crippen molar-refractivity contribution in [1.82, 2.24) is 5.32 Å². The zero-order valence-corrected chi connectivity index (χ0v) is 12.6. The Morgan fingerprint density at radius 1 is 1.42 bits per heavy atom. The van der Waals surface area contributed by atoms with Gasteiger partial charge in [0, 0.05) is 4.47 Å². The summed E-state index contributed by atoms with van der Waals surface area (Å²) in [6.45, 7) is 3.57. The molecule has 0 fully saturated rings. The Balaban J connectivity index is 2.80. The predicted octanol–water partition coefficient (Wildman–Crippen LogP) is 2.14. The molecule has 0 aliphatic heterocycles. The van der Waals surface area contributed by atoms with Gasteiger partial charge in [-0.15, -0.1) is 0 Å². The quantitative estimate of drug-likeness (QED) is 0.840. The van der Waals surface area contributed by atoms with Gasteiger partial charge >= 0.3 is 5.97 Å². The summed E-state index contributed by atoms with van der Waals surface area (Å²) in [6.07, 6.45) is 0. The number of ether oxygens (including phenoxy) is 2. The number of nitrogens with one attached hydrogen (secondary N) is 1. The maximum absolute atomic E-state index is 12.0. The standard InChI is InChI=1S/C13H16BrNO4/c1-4-19-13(17)8(2)15-12(16)10-7-9(18-3)5-6-11(10)14/h5-8H,4H2,1-3H3,(H,15,16). The summed E-state index contributed by atoms with van der Waals surface area (Å²) < 4.78 is 10.5. The Kier molecular flexibility index (Phi) is 5.82. The van der Waals surface area contributed by atoms with Crippen molar-refractivity contribution in [2.75, 3.05) is 13.7 Å². The van der Waals surface area contributed by atoms with Crippen LogP contribution in [-0.4, -0.2) is 31.6 Å². The van der Waals surface area contributed by atoms with Crippen molar-refractivity contribution in [1.29, 1.82) is 0 Å². The number of hydrogen-bond donors (Lipinski definition) is 1. The van der Waals surface area contributed by atoms with Crippen molar-refractivity contribution in [3.63, 3.8) is 0 Å². The monoisotopic (exact) mass is 329 g/mol. The lowest BCUT2D eigenvalue weighted by Crippen LogP contribution is -2.39. The molecule has 1 amide bonds. The molecular formula is C13H16BrNO4. The van der Waals surface area contributed by atoms with Gasteiger partial charge in [0.2, 0.25) is 0 Å². The number of rotatable bonds is 5. The molecule has 0 aliphatic carbocycles. The van der Waals surface area contributed by atoms with Crippen LogP contribution in [-0.2, 0) is 9.53 Å². The average Bonchev–Trinajstić information content (AvgIpc) is 2.39. The van der Waals surface area contributed by atoms with Crippen molar-refractivity contribution in [3.8, 4) is 5.75 Å². The molecular weight excluding hydrogens is 314 g/mol. The molecule has 19 heavy (non-hydrogen) atoms. The Bertz CT molecular complexity index is 476. The SMILES string of the molecule is CCOC(=O)C(C)NC(=O)c1cc(OC)ccc1Br. The number of carbonyl (C=O) groups excluding carboxylic acids is 2. The van der Waals surface area contributed by atoms with Crippen molar-refractivity contribution in [2.24, 2.45) is 0 Å². The summed E-state index contributed by atoms with van der Waals surface area (Å²) in [5.74, 6) is -0.265. The second-order valence-electron chi connectivity index (χ2n) is 3.79. The number of hydrogen-bond acceptors (Lipinski definition) is 4. The average molecular weight is 330 g/mol. The van der Waals surface area contributed by atoms with Gasteiger partial charge in [0.1, 0.15) is 11.8 Å². The van der Waals surface area contributed by atoms with E-state index in [1.165, 1.54) is 7.11 Å². The molecule has 0 aromatic heterocycles. The van der Waals surface area contributed by atoms with E-state index in [1.54, 1.807) is 32.0 Å². The van der Waals surface area contributed by atoms with Crippen LogP contribution in [0, 0.1) is 0 Å². The highest BCUT2D eigenvalue weighted by Crippen LogP contribution is 2.22. The summed E-state index contributed by atoms with van der Waals surface area (Å²) in [7, 11) is 1.52. The van der Waals surface area contributed by atoms with Gasteiger partial charge in [0.15, 0.2) is 0 Å². The Hall–Kier alpha value is -1.56. The predicted molar refractivity (Wildman–Crippen MR) is 74.3 cm³/mol. The third kappa shape index (κ3) is 4.24. The largest absolute Gasteiger partial charge is 0.497 e. The molecule has 0 radical (unpaired) electrons. The van der Waals surface area contributed by atoms with Crippen LogP contribution >= 0.6 is 15.9 Å². The molecule has 6 heteroatoms. The van der Waals surface area contributed by atoms with Crippen LogP contribution in [0.5, 0.6) is 5.75 Å². The lowest BCUT2D eigenvalue weighted by molar-refractivity contribution is -0.144. The topological polar surface area (TPSA) is 64.6 Å². The second-order valence-corrected chi connectivity index (χ2v) is 4.65. The van der Waals surface area contributed by atoms with E-state index in [0.29, 0.717) is 15.8 Å². The minimum absolute atomic E-state index is 0.280. The van der Waals surface area contributed by atoms with Crippen LogP contribution in [0.2, 0.25) is 0 Å². The summed E-state index contributed by atoms with van der Waals surface area (Å²) in [4.78, 5) is 23.5. The van der Waals surface area contributed by atoms with E-state index in [4.69, 9.17) is 9.47 Å². The third-order valence-corrected chi connectivity index (χ3v) is 3.10. The molecule has 0 bridgehead atoms. The van der Waals surface area contributed by atoms with Gasteiger partial charge in [0.25, 0.3) is 5.91 Å². The number of carbonyl (C=O) groups is 2. The molecule has 1 N–H and O–H groups in total. The maximum Gasteiger partial charge on any atom is 0.328 e. The fourth-order valence-corrected chi connectivity index (χ4v) is 1.83. The van der Waals surface area contributed by atoms with Crippen LogP contribution in [0.4, 0.5) is 0 Å². The lowest BCUT2D eigenvalue weighted by Gasteiger charge is -2.13. The van der Waals surface area contributed by atoms with E-state index in [2.05, 4.69) is 21.2 Å².